The molecule has 0 aliphatic carbocycles. The molecule has 0 fully saturated rings. The number of rotatable bonds is 5. The highest BCUT2D eigenvalue weighted by molar-refractivity contribution is 5.43. The Morgan fingerprint density at radius 1 is 1.05 bits per heavy atom. The van der Waals surface area contributed by atoms with Gasteiger partial charge in [-0.15, -0.1) is 0 Å². The zero-order chi connectivity index (χ0) is 17.6. The summed E-state index contributed by atoms with van der Waals surface area (Å²) in [5, 5.41) is 2.66. The molecule has 1 rings (SSSR count). The number of aromatic nitrogens is 2. The molecule has 1 aromatic rings. The minimum absolute atomic E-state index is 0.0607. The number of carbonyl (C=O) groups is 1. The van der Waals surface area contributed by atoms with Gasteiger partial charge in [0.25, 0.3) is 6.47 Å². The summed E-state index contributed by atoms with van der Waals surface area (Å²) in [5.41, 5.74) is -2.12. The van der Waals surface area contributed by atoms with Gasteiger partial charge in [0.1, 0.15) is 5.69 Å². The van der Waals surface area contributed by atoms with Crippen molar-refractivity contribution in [3.63, 3.8) is 0 Å². The predicted octanol–water partition coefficient (Wildman–Crippen LogP) is 2.88. The lowest BCUT2D eigenvalue weighted by atomic mass is 10.0. The summed E-state index contributed by atoms with van der Waals surface area (Å²) in [4.78, 5) is 10.0. The Labute approximate surface area is 115 Å². The molecule has 0 unspecified atom stereocenters. The number of hydrogen-bond acceptors (Lipinski definition) is 3. The number of ether oxygens (including phenoxy) is 1. The van der Waals surface area contributed by atoms with E-state index in [9.17, 15) is 44.3 Å². The van der Waals surface area contributed by atoms with Crippen LogP contribution in [0.15, 0.2) is 6.07 Å². The van der Waals surface area contributed by atoms with Crippen molar-refractivity contribution in [1.29, 1.82) is 0 Å². The maximum atomic E-state index is 13.4. The maximum Gasteiger partial charge on any atom is 0.460 e. The molecular formula is C9H5F9N2O2. The first-order valence-electron chi connectivity index (χ1n) is 5.05. The molecule has 0 N–H and O–H groups in total. The van der Waals surface area contributed by atoms with Crippen LogP contribution in [0, 0.1) is 0 Å². The smallest absolute Gasteiger partial charge is 0.410 e. The van der Waals surface area contributed by atoms with Crippen LogP contribution in [-0.4, -0.2) is 34.3 Å². The van der Waals surface area contributed by atoms with E-state index in [1.54, 1.807) is 0 Å². The van der Waals surface area contributed by atoms with Crippen LogP contribution in [-0.2, 0) is 17.8 Å². The van der Waals surface area contributed by atoms with Crippen molar-refractivity contribution in [2.75, 3.05) is 0 Å². The molecule has 0 atom stereocenters. The van der Waals surface area contributed by atoms with Gasteiger partial charge in [-0.05, 0) is 0 Å². The quantitative estimate of drug-likeness (QED) is 0.610. The van der Waals surface area contributed by atoms with E-state index < -0.39 is 35.5 Å². The van der Waals surface area contributed by atoms with Gasteiger partial charge in [0.05, 0.1) is 0 Å². The highest BCUT2D eigenvalue weighted by Crippen LogP contribution is 2.56. The number of alkyl halides is 9. The summed E-state index contributed by atoms with van der Waals surface area (Å²) >= 11 is 0. The van der Waals surface area contributed by atoms with Crippen LogP contribution in [0.1, 0.15) is 5.69 Å². The lowest BCUT2D eigenvalue weighted by Crippen LogP contribution is -2.59. The Morgan fingerprint density at radius 2 is 1.55 bits per heavy atom. The van der Waals surface area contributed by atoms with Gasteiger partial charge in [-0.1, -0.05) is 0 Å². The van der Waals surface area contributed by atoms with Crippen LogP contribution < -0.4 is 4.74 Å². The Bertz CT molecular complexity index is 564. The molecule has 1 aromatic heterocycles. The Balaban J connectivity index is 3.38. The fraction of sp³-hybridized carbons (Fsp3) is 0.556. The van der Waals surface area contributed by atoms with E-state index >= 15 is 0 Å². The molecule has 0 saturated heterocycles. The number of nitrogens with zero attached hydrogens (tertiary/aromatic N) is 2. The number of halogens is 9. The molecule has 4 nitrogen and oxygen atoms in total. The van der Waals surface area contributed by atoms with Gasteiger partial charge < -0.3 is 4.74 Å². The molecule has 0 amide bonds. The van der Waals surface area contributed by atoms with Crippen molar-refractivity contribution in [1.82, 2.24) is 9.78 Å². The van der Waals surface area contributed by atoms with Crippen molar-refractivity contribution < 1.29 is 49.0 Å². The third-order valence-electron chi connectivity index (χ3n) is 2.47. The first-order valence-corrected chi connectivity index (χ1v) is 5.05. The molecule has 0 bridgehead atoms. The molecule has 0 aliphatic rings. The van der Waals surface area contributed by atoms with Gasteiger partial charge in [-0.3, -0.25) is 4.79 Å². The van der Waals surface area contributed by atoms with Gasteiger partial charge >= 0.3 is 23.9 Å². The molecule has 22 heavy (non-hydrogen) atoms. The van der Waals surface area contributed by atoms with Gasteiger partial charge in [-0.2, -0.15) is 44.6 Å². The average Bonchev–Trinajstić information content (AvgIpc) is 2.70. The Hall–Kier alpha value is -1.95. The van der Waals surface area contributed by atoms with E-state index in [1.165, 1.54) is 0 Å². The van der Waals surface area contributed by atoms with Crippen molar-refractivity contribution in [3.05, 3.63) is 11.8 Å². The largest absolute Gasteiger partial charge is 0.460 e. The van der Waals surface area contributed by atoms with Crippen LogP contribution in [0.4, 0.5) is 39.5 Å². The molecule has 126 valence electrons. The molecular weight excluding hydrogens is 339 g/mol. The SMILES string of the molecule is Cn1nc(C(F)(F)C(F)(F)C(F)(F)C(F)(F)F)cc1OC=O. The standard InChI is InChI=1S/C9H5F9N2O2/c1-20-5(22-3-21)2-4(19-20)6(10,11)7(12,13)8(14,15)9(16,17)18/h2-3H,1H3. The van der Waals surface area contributed by atoms with E-state index in [0.717, 1.165) is 7.05 Å². The fourth-order valence-electron chi connectivity index (χ4n) is 1.30. The van der Waals surface area contributed by atoms with E-state index in [4.69, 9.17) is 0 Å². The molecule has 0 aliphatic heterocycles. The predicted molar refractivity (Wildman–Crippen MR) is 49.7 cm³/mol. The van der Waals surface area contributed by atoms with E-state index in [1.807, 2.05) is 0 Å². The van der Waals surface area contributed by atoms with Crippen molar-refractivity contribution in [2.45, 2.75) is 23.9 Å². The minimum Gasteiger partial charge on any atom is -0.410 e. The summed E-state index contributed by atoms with van der Waals surface area (Å²) in [6, 6.07) is -0.0607. The summed E-state index contributed by atoms with van der Waals surface area (Å²) in [6.45, 7) is -0.318. The summed E-state index contributed by atoms with van der Waals surface area (Å²) in [5.74, 6) is -20.7. The van der Waals surface area contributed by atoms with E-state index in [0.29, 0.717) is 0 Å². The second-order valence-corrected chi connectivity index (χ2v) is 3.93. The molecule has 0 spiro atoms. The third kappa shape index (κ3) is 2.47. The first-order chi connectivity index (χ1) is 9.70. The fourth-order valence-corrected chi connectivity index (χ4v) is 1.30. The summed E-state index contributed by atoms with van der Waals surface area (Å²) in [7, 11) is 0.804. The average molecular weight is 344 g/mol. The molecule has 0 radical (unpaired) electrons. The topological polar surface area (TPSA) is 44.1 Å². The zero-order valence-electron chi connectivity index (χ0n) is 10.3. The number of carbonyl (C=O) groups excluding carboxylic acids is 1. The second-order valence-electron chi connectivity index (χ2n) is 3.93. The summed E-state index contributed by atoms with van der Waals surface area (Å²) < 4.78 is 118. The van der Waals surface area contributed by atoms with Gasteiger partial charge in [0.15, 0.2) is 0 Å². The second kappa shape index (κ2) is 5.05. The lowest BCUT2D eigenvalue weighted by Gasteiger charge is -2.32. The van der Waals surface area contributed by atoms with Crippen LogP contribution in [0.5, 0.6) is 5.88 Å². The van der Waals surface area contributed by atoms with Gasteiger partial charge in [0, 0.05) is 13.1 Å². The highest BCUT2D eigenvalue weighted by atomic mass is 19.4. The summed E-state index contributed by atoms with van der Waals surface area (Å²) in [6.07, 6.45) is -6.92. The normalized spacial score (nSPS) is 14.1. The zero-order valence-corrected chi connectivity index (χ0v) is 10.3. The molecule has 1 heterocycles. The molecule has 13 heteroatoms. The third-order valence-corrected chi connectivity index (χ3v) is 2.47. The first kappa shape index (κ1) is 18.1. The van der Waals surface area contributed by atoms with Gasteiger partial charge in [0.2, 0.25) is 5.88 Å². The minimum atomic E-state index is -7.02. The Morgan fingerprint density at radius 3 is 1.95 bits per heavy atom. The van der Waals surface area contributed by atoms with E-state index in [-0.39, 0.29) is 17.2 Å². The van der Waals surface area contributed by atoms with Crippen LogP contribution in [0.2, 0.25) is 0 Å². The van der Waals surface area contributed by atoms with Crippen molar-refractivity contribution >= 4 is 6.47 Å². The monoisotopic (exact) mass is 344 g/mol. The van der Waals surface area contributed by atoms with E-state index in [2.05, 4.69) is 9.84 Å². The maximum absolute atomic E-state index is 13.4. The Kier molecular flexibility index (Phi) is 4.16. The van der Waals surface area contributed by atoms with Gasteiger partial charge in [-0.25, -0.2) is 4.68 Å². The van der Waals surface area contributed by atoms with Crippen LogP contribution >= 0.6 is 0 Å². The number of aryl methyl sites for hydroxylation is 1. The molecule has 0 aromatic carbocycles. The van der Waals surface area contributed by atoms with Crippen molar-refractivity contribution in [3.8, 4) is 5.88 Å². The molecule has 0 saturated carbocycles. The number of hydrogen-bond donors (Lipinski definition) is 0. The van der Waals surface area contributed by atoms with Crippen LogP contribution in [0.25, 0.3) is 0 Å². The van der Waals surface area contributed by atoms with Crippen molar-refractivity contribution in [2.24, 2.45) is 7.05 Å². The lowest BCUT2D eigenvalue weighted by molar-refractivity contribution is -0.400. The highest BCUT2D eigenvalue weighted by Gasteiger charge is 2.82. The van der Waals surface area contributed by atoms with Crippen LogP contribution in [0.3, 0.4) is 0 Å².